The molecule has 2 aromatic carbocycles. The molecule has 0 radical (unpaired) electrons. The summed E-state index contributed by atoms with van der Waals surface area (Å²) in [5.41, 5.74) is 4.11. The van der Waals surface area contributed by atoms with E-state index in [1.165, 1.54) is 24.1 Å². The molecule has 1 N–H and O–H groups in total. The summed E-state index contributed by atoms with van der Waals surface area (Å²) < 4.78 is 5.81. The molecule has 1 aliphatic heterocycles. The predicted octanol–water partition coefficient (Wildman–Crippen LogP) is 5.22. The Balaban J connectivity index is 1.38. The van der Waals surface area contributed by atoms with Crippen LogP contribution in [-0.4, -0.2) is 25.5 Å². The minimum Gasteiger partial charge on any atom is -0.451 e. The van der Waals surface area contributed by atoms with Gasteiger partial charge in [0, 0.05) is 41.3 Å². The van der Waals surface area contributed by atoms with Gasteiger partial charge in [0.05, 0.1) is 0 Å². The maximum absolute atomic E-state index is 12.7. The van der Waals surface area contributed by atoms with Crippen molar-refractivity contribution in [1.29, 1.82) is 0 Å². The highest BCUT2D eigenvalue weighted by atomic mass is 35.5. The van der Waals surface area contributed by atoms with E-state index in [0.717, 1.165) is 30.5 Å². The average molecular weight is 397 g/mol. The summed E-state index contributed by atoms with van der Waals surface area (Å²) >= 11 is 6.10. The van der Waals surface area contributed by atoms with Gasteiger partial charge < -0.3 is 14.6 Å². The van der Waals surface area contributed by atoms with E-state index in [1.54, 1.807) is 6.07 Å². The fourth-order valence-corrected chi connectivity index (χ4v) is 4.08. The Morgan fingerprint density at radius 3 is 2.61 bits per heavy atom. The first-order chi connectivity index (χ1) is 13.7. The molecule has 0 atom stereocenters. The van der Waals surface area contributed by atoms with E-state index in [9.17, 15) is 4.79 Å². The Morgan fingerprint density at radius 2 is 1.89 bits per heavy atom. The first kappa shape index (κ1) is 18.9. The van der Waals surface area contributed by atoms with E-state index in [2.05, 4.69) is 34.5 Å². The van der Waals surface area contributed by atoms with Gasteiger partial charge in [-0.25, -0.2) is 0 Å². The quantitative estimate of drug-likeness (QED) is 0.621. The van der Waals surface area contributed by atoms with E-state index in [1.807, 2.05) is 19.1 Å². The minimum absolute atomic E-state index is 0.169. The lowest BCUT2D eigenvalue weighted by atomic mass is 10.1. The van der Waals surface area contributed by atoms with Crippen molar-refractivity contribution in [2.75, 3.05) is 24.5 Å². The number of aryl methyl sites for hydroxylation is 1. The molecule has 0 bridgehead atoms. The number of nitrogens with one attached hydrogen (secondary N) is 1. The summed E-state index contributed by atoms with van der Waals surface area (Å²) in [5, 5.41) is 4.55. The zero-order chi connectivity index (χ0) is 19.5. The van der Waals surface area contributed by atoms with Crippen LogP contribution in [0.25, 0.3) is 11.0 Å². The molecule has 0 unspecified atom stereocenters. The number of amides is 1. The normalized spacial score (nSPS) is 14.0. The molecule has 0 aliphatic carbocycles. The molecule has 0 spiro atoms. The number of nitrogens with zero attached hydrogens (tertiary/aromatic N) is 1. The second-order valence-corrected chi connectivity index (χ2v) is 7.71. The van der Waals surface area contributed by atoms with Crippen molar-refractivity contribution in [3.8, 4) is 0 Å². The summed E-state index contributed by atoms with van der Waals surface area (Å²) in [6.07, 6.45) is 4.07. The zero-order valence-corrected chi connectivity index (χ0v) is 16.9. The van der Waals surface area contributed by atoms with Gasteiger partial charge in [-0.15, -0.1) is 0 Å². The van der Waals surface area contributed by atoms with Crippen molar-refractivity contribution in [2.45, 2.75) is 32.6 Å². The number of benzene rings is 2. The highest BCUT2D eigenvalue weighted by molar-refractivity contribution is 6.31. The Hall–Kier alpha value is -2.46. The van der Waals surface area contributed by atoms with Crippen LogP contribution in [0.2, 0.25) is 5.02 Å². The van der Waals surface area contributed by atoms with Crippen molar-refractivity contribution >= 4 is 34.2 Å². The molecule has 1 aliphatic rings. The number of carbonyl (C=O) groups excluding carboxylic acids is 1. The third kappa shape index (κ3) is 3.88. The Morgan fingerprint density at radius 1 is 1.14 bits per heavy atom. The summed E-state index contributed by atoms with van der Waals surface area (Å²) in [7, 11) is 0. The van der Waals surface area contributed by atoms with Gasteiger partial charge in [-0.3, -0.25) is 4.79 Å². The predicted molar refractivity (Wildman–Crippen MR) is 115 cm³/mol. The van der Waals surface area contributed by atoms with Crippen LogP contribution in [0, 0.1) is 0 Å². The number of hydrogen-bond donors (Lipinski definition) is 1. The molecule has 1 aromatic heterocycles. The highest BCUT2D eigenvalue weighted by Gasteiger charge is 2.19. The van der Waals surface area contributed by atoms with Crippen LogP contribution in [0.3, 0.4) is 0 Å². The summed E-state index contributed by atoms with van der Waals surface area (Å²) in [6, 6.07) is 14.1. The molecule has 2 heterocycles. The van der Waals surface area contributed by atoms with Gasteiger partial charge in [-0.05, 0) is 61.6 Å². The number of halogens is 1. The minimum atomic E-state index is -0.169. The average Bonchev–Trinajstić information content (AvgIpc) is 3.36. The third-order valence-corrected chi connectivity index (χ3v) is 5.65. The molecule has 5 heteroatoms. The number of rotatable bonds is 6. The van der Waals surface area contributed by atoms with Gasteiger partial charge >= 0.3 is 0 Å². The van der Waals surface area contributed by atoms with Gasteiger partial charge in [-0.1, -0.05) is 30.7 Å². The van der Waals surface area contributed by atoms with Crippen molar-refractivity contribution in [3.63, 3.8) is 0 Å². The van der Waals surface area contributed by atoms with Crippen LogP contribution >= 0.6 is 11.6 Å². The fraction of sp³-hybridized carbons (Fsp3) is 0.348. The van der Waals surface area contributed by atoms with E-state index in [0.29, 0.717) is 29.3 Å². The summed E-state index contributed by atoms with van der Waals surface area (Å²) in [6.45, 7) is 4.89. The second-order valence-electron chi connectivity index (χ2n) is 7.27. The SMILES string of the molecule is CCc1c(C(=O)NCCc2ccc(N3CCCC3)cc2)oc2ccc(Cl)cc12. The topological polar surface area (TPSA) is 45.5 Å². The molecule has 1 fully saturated rings. The van der Waals surface area contributed by atoms with Crippen LogP contribution in [0.1, 0.15) is 41.4 Å². The maximum Gasteiger partial charge on any atom is 0.287 e. The van der Waals surface area contributed by atoms with Gasteiger partial charge in [0.1, 0.15) is 5.58 Å². The van der Waals surface area contributed by atoms with Gasteiger partial charge in [0.15, 0.2) is 5.76 Å². The lowest BCUT2D eigenvalue weighted by Crippen LogP contribution is -2.26. The summed E-state index contributed by atoms with van der Waals surface area (Å²) in [5.74, 6) is 0.224. The van der Waals surface area contributed by atoms with Gasteiger partial charge in [-0.2, -0.15) is 0 Å². The molecule has 28 heavy (non-hydrogen) atoms. The molecule has 0 saturated carbocycles. The smallest absolute Gasteiger partial charge is 0.287 e. The number of carbonyl (C=O) groups is 1. The third-order valence-electron chi connectivity index (χ3n) is 5.42. The van der Waals surface area contributed by atoms with Crippen LogP contribution < -0.4 is 10.2 Å². The van der Waals surface area contributed by atoms with Gasteiger partial charge in [0.25, 0.3) is 5.91 Å². The molecule has 1 amide bonds. The molecule has 4 nitrogen and oxygen atoms in total. The summed E-state index contributed by atoms with van der Waals surface area (Å²) in [4.78, 5) is 15.1. The monoisotopic (exact) mass is 396 g/mol. The molecule has 1 saturated heterocycles. The fourth-order valence-electron chi connectivity index (χ4n) is 3.90. The van der Waals surface area contributed by atoms with Crippen molar-refractivity contribution in [3.05, 3.63) is 64.4 Å². The number of fused-ring (bicyclic) bond motifs is 1. The number of hydrogen-bond acceptors (Lipinski definition) is 3. The van der Waals surface area contributed by atoms with E-state index >= 15 is 0 Å². The van der Waals surface area contributed by atoms with Crippen molar-refractivity contribution in [2.24, 2.45) is 0 Å². The second kappa shape index (κ2) is 8.27. The Bertz CT molecular complexity index is 972. The van der Waals surface area contributed by atoms with Crippen LogP contribution in [0.5, 0.6) is 0 Å². The zero-order valence-electron chi connectivity index (χ0n) is 16.1. The Labute approximate surface area is 170 Å². The van der Waals surface area contributed by atoms with E-state index in [-0.39, 0.29) is 5.91 Å². The lowest BCUT2D eigenvalue weighted by molar-refractivity contribution is 0.0927. The molecular weight excluding hydrogens is 372 g/mol. The number of furan rings is 1. The maximum atomic E-state index is 12.7. The molecular formula is C23H25ClN2O2. The van der Waals surface area contributed by atoms with Crippen molar-refractivity contribution < 1.29 is 9.21 Å². The molecule has 4 rings (SSSR count). The first-order valence-corrected chi connectivity index (χ1v) is 10.4. The first-order valence-electron chi connectivity index (χ1n) is 9.98. The van der Waals surface area contributed by atoms with E-state index in [4.69, 9.17) is 16.0 Å². The van der Waals surface area contributed by atoms with E-state index < -0.39 is 0 Å². The van der Waals surface area contributed by atoms with Crippen molar-refractivity contribution in [1.82, 2.24) is 5.32 Å². The number of anilines is 1. The van der Waals surface area contributed by atoms with Gasteiger partial charge in [0.2, 0.25) is 0 Å². The van der Waals surface area contributed by atoms with Crippen LogP contribution in [-0.2, 0) is 12.8 Å². The molecule has 3 aromatic rings. The van der Waals surface area contributed by atoms with Crippen LogP contribution in [0.15, 0.2) is 46.9 Å². The highest BCUT2D eigenvalue weighted by Crippen LogP contribution is 2.29. The lowest BCUT2D eigenvalue weighted by Gasteiger charge is -2.17. The van der Waals surface area contributed by atoms with Crippen LogP contribution in [0.4, 0.5) is 5.69 Å². The molecule has 146 valence electrons. The largest absolute Gasteiger partial charge is 0.451 e. The Kier molecular flexibility index (Phi) is 5.58. The standard InChI is InChI=1S/C23H25ClN2O2/c1-2-19-20-15-17(24)7-10-21(20)28-22(19)23(27)25-12-11-16-5-8-18(9-6-16)26-13-3-4-14-26/h5-10,15H,2-4,11-14H2,1H3,(H,25,27).